The summed E-state index contributed by atoms with van der Waals surface area (Å²) in [6, 6.07) is 22.1. The molecular weight excluding hydrogens is 286 g/mol. The van der Waals surface area contributed by atoms with Crippen LogP contribution in [0.2, 0.25) is 0 Å². The molecule has 4 aromatic rings. The molecule has 2 N–H and O–H groups in total. The number of benzene rings is 2. The average Bonchev–Trinajstić information content (AvgIpc) is 3.00. The number of rotatable bonds is 3. The maximum absolute atomic E-state index is 6.07. The van der Waals surface area contributed by atoms with Gasteiger partial charge in [0.25, 0.3) is 0 Å². The predicted molar refractivity (Wildman–Crippen MR) is 90.7 cm³/mol. The van der Waals surface area contributed by atoms with Crippen molar-refractivity contribution in [1.82, 2.24) is 20.0 Å². The first-order valence-corrected chi connectivity index (χ1v) is 7.40. The van der Waals surface area contributed by atoms with Crippen LogP contribution in [0, 0.1) is 0 Å². The molecule has 0 bridgehead atoms. The lowest BCUT2D eigenvalue weighted by Gasteiger charge is -2.06. The third kappa shape index (κ3) is 2.53. The van der Waals surface area contributed by atoms with Crippen LogP contribution in [0.4, 0.5) is 5.82 Å². The van der Waals surface area contributed by atoms with Gasteiger partial charge < -0.3 is 5.73 Å². The van der Waals surface area contributed by atoms with Gasteiger partial charge in [0.15, 0.2) is 11.3 Å². The predicted octanol–water partition coefficient (Wildman–Crippen LogP) is 3.12. The van der Waals surface area contributed by atoms with Crippen molar-refractivity contribution in [2.75, 3.05) is 5.73 Å². The van der Waals surface area contributed by atoms with Crippen LogP contribution in [-0.4, -0.2) is 20.0 Å². The molecular formula is C18H15N5. The molecule has 0 saturated carbocycles. The average molecular weight is 301 g/mol. The van der Waals surface area contributed by atoms with E-state index in [-0.39, 0.29) is 0 Å². The number of nitrogen functional groups attached to an aromatic ring is 1. The smallest absolute Gasteiger partial charge is 0.155 e. The quantitative estimate of drug-likeness (QED) is 0.631. The third-order valence-electron chi connectivity index (χ3n) is 3.78. The summed E-state index contributed by atoms with van der Waals surface area (Å²) in [6.07, 6.45) is 0. The Labute approximate surface area is 133 Å². The van der Waals surface area contributed by atoms with E-state index >= 15 is 0 Å². The van der Waals surface area contributed by atoms with Crippen LogP contribution < -0.4 is 5.73 Å². The van der Waals surface area contributed by atoms with Gasteiger partial charge in [-0.2, -0.15) is 0 Å². The molecule has 0 atom stereocenters. The highest BCUT2D eigenvalue weighted by atomic mass is 15.4. The van der Waals surface area contributed by atoms with Gasteiger partial charge in [-0.25, -0.2) is 9.67 Å². The fraction of sp³-hybridized carbons (Fsp3) is 0.0556. The lowest BCUT2D eigenvalue weighted by molar-refractivity contribution is 0.670. The molecule has 0 aliphatic heterocycles. The van der Waals surface area contributed by atoms with Crippen molar-refractivity contribution in [3.8, 4) is 11.3 Å². The number of fused-ring (bicyclic) bond motifs is 1. The molecule has 2 heterocycles. The first-order valence-electron chi connectivity index (χ1n) is 7.40. The maximum Gasteiger partial charge on any atom is 0.155 e. The molecule has 2 aromatic heterocycles. The summed E-state index contributed by atoms with van der Waals surface area (Å²) in [4.78, 5) is 4.45. The van der Waals surface area contributed by atoms with Gasteiger partial charge in [-0.15, -0.1) is 5.10 Å². The Morgan fingerprint density at radius 2 is 1.61 bits per heavy atom. The summed E-state index contributed by atoms with van der Waals surface area (Å²) in [5.74, 6) is 0.403. The van der Waals surface area contributed by atoms with Gasteiger partial charge in [-0.3, -0.25) is 0 Å². The number of aromatic nitrogens is 4. The van der Waals surface area contributed by atoms with Crippen molar-refractivity contribution in [2.24, 2.45) is 0 Å². The number of pyridine rings is 1. The van der Waals surface area contributed by atoms with E-state index in [9.17, 15) is 0 Å². The minimum absolute atomic E-state index is 0.403. The molecule has 5 heteroatoms. The Bertz CT molecular complexity index is 945. The summed E-state index contributed by atoms with van der Waals surface area (Å²) in [5, 5.41) is 8.41. The van der Waals surface area contributed by atoms with E-state index in [4.69, 9.17) is 5.73 Å². The molecule has 0 spiro atoms. The van der Waals surface area contributed by atoms with Crippen LogP contribution >= 0.6 is 0 Å². The topological polar surface area (TPSA) is 69.6 Å². The first kappa shape index (κ1) is 13.5. The SMILES string of the molecule is Nc1nc(-c2ccccc2)cc2c1nnn2Cc1ccccc1. The maximum atomic E-state index is 6.07. The minimum Gasteiger partial charge on any atom is -0.382 e. The Morgan fingerprint density at radius 1 is 0.913 bits per heavy atom. The van der Waals surface area contributed by atoms with Crippen molar-refractivity contribution >= 4 is 16.9 Å². The standard InChI is InChI=1S/C18H15N5/c19-18-17-16(11-15(20-18)14-9-5-2-6-10-14)23(22-21-17)12-13-7-3-1-4-8-13/h1-11H,12H2,(H2,19,20). The van der Waals surface area contributed by atoms with Gasteiger partial charge in [0.2, 0.25) is 0 Å². The zero-order chi connectivity index (χ0) is 15.6. The van der Waals surface area contributed by atoms with Crippen LogP contribution in [0.15, 0.2) is 66.7 Å². The Kier molecular flexibility index (Phi) is 3.24. The number of hydrogen-bond acceptors (Lipinski definition) is 4. The molecule has 2 aromatic carbocycles. The second-order valence-electron chi connectivity index (χ2n) is 5.36. The van der Waals surface area contributed by atoms with Gasteiger partial charge in [0, 0.05) is 5.56 Å². The lowest BCUT2D eigenvalue weighted by atomic mass is 10.1. The molecule has 0 fully saturated rings. The summed E-state index contributed by atoms with van der Waals surface area (Å²) >= 11 is 0. The second kappa shape index (κ2) is 5.53. The second-order valence-corrected chi connectivity index (χ2v) is 5.36. The highest BCUT2D eigenvalue weighted by Gasteiger charge is 2.12. The highest BCUT2D eigenvalue weighted by Crippen LogP contribution is 2.25. The zero-order valence-corrected chi connectivity index (χ0v) is 12.4. The van der Waals surface area contributed by atoms with E-state index < -0.39 is 0 Å². The van der Waals surface area contributed by atoms with E-state index in [1.54, 1.807) is 0 Å². The van der Waals surface area contributed by atoms with Crippen molar-refractivity contribution in [3.63, 3.8) is 0 Å². The molecule has 0 aliphatic rings. The highest BCUT2D eigenvalue weighted by molar-refractivity contribution is 5.87. The van der Waals surface area contributed by atoms with Crippen LogP contribution in [0.5, 0.6) is 0 Å². The van der Waals surface area contributed by atoms with E-state index in [0.717, 1.165) is 22.3 Å². The van der Waals surface area contributed by atoms with Crippen LogP contribution in [0.3, 0.4) is 0 Å². The summed E-state index contributed by atoms with van der Waals surface area (Å²) in [7, 11) is 0. The van der Waals surface area contributed by atoms with Gasteiger partial charge in [-0.1, -0.05) is 65.9 Å². The molecule has 5 nitrogen and oxygen atoms in total. The zero-order valence-electron chi connectivity index (χ0n) is 12.4. The van der Waals surface area contributed by atoms with E-state index in [2.05, 4.69) is 27.4 Å². The largest absolute Gasteiger partial charge is 0.382 e. The number of hydrogen-bond donors (Lipinski definition) is 1. The monoisotopic (exact) mass is 301 g/mol. The normalized spacial score (nSPS) is 11.0. The molecule has 0 aliphatic carbocycles. The number of nitrogens with two attached hydrogens (primary N) is 1. The van der Waals surface area contributed by atoms with Crippen molar-refractivity contribution < 1.29 is 0 Å². The number of nitrogens with zero attached hydrogens (tertiary/aromatic N) is 4. The van der Waals surface area contributed by atoms with Crippen molar-refractivity contribution in [2.45, 2.75) is 6.54 Å². The molecule has 0 unspecified atom stereocenters. The van der Waals surface area contributed by atoms with E-state index in [1.165, 1.54) is 0 Å². The van der Waals surface area contributed by atoms with Crippen molar-refractivity contribution in [1.29, 1.82) is 0 Å². The lowest BCUT2D eigenvalue weighted by Crippen LogP contribution is -2.02. The third-order valence-corrected chi connectivity index (χ3v) is 3.78. The molecule has 0 amide bonds. The first-order chi connectivity index (χ1) is 11.3. The van der Waals surface area contributed by atoms with E-state index in [0.29, 0.717) is 17.9 Å². The van der Waals surface area contributed by atoms with Crippen LogP contribution in [0.1, 0.15) is 5.56 Å². The molecule has 0 saturated heterocycles. The van der Waals surface area contributed by atoms with Gasteiger partial charge in [-0.05, 0) is 11.6 Å². The van der Waals surface area contributed by atoms with Gasteiger partial charge >= 0.3 is 0 Å². The summed E-state index contributed by atoms with van der Waals surface area (Å²) < 4.78 is 1.86. The number of anilines is 1. The fourth-order valence-corrected chi connectivity index (χ4v) is 2.62. The minimum atomic E-state index is 0.403. The molecule has 23 heavy (non-hydrogen) atoms. The van der Waals surface area contributed by atoms with Crippen molar-refractivity contribution in [3.05, 3.63) is 72.3 Å². The molecule has 4 rings (SSSR count). The fourth-order valence-electron chi connectivity index (χ4n) is 2.62. The van der Waals surface area contributed by atoms with Gasteiger partial charge in [0.05, 0.1) is 17.8 Å². The Balaban J connectivity index is 1.82. The molecule has 112 valence electrons. The van der Waals surface area contributed by atoms with Crippen LogP contribution in [0.25, 0.3) is 22.3 Å². The Morgan fingerprint density at radius 3 is 2.35 bits per heavy atom. The van der Waals surface area contributed by atoms with Crippen LogP contribution in [-0.2, 0) is 6.54 Å². The Hall–Kier alpha value is -3.21. The summed E-state index contributed by atoms with van der Waals surface area (Å²) in [5.41, 5.74) is 10.6. The van der Waals surface area contributed by atoms with E-state index in [1.807, 2.05) is 59.3 Å². The summed E-state index contributed by atoms with van der Waals surface area (Å²) in [6.45, 7) is 0.648. The molecule has 0 radical (unpaired) electrons. The van der Waals surface area contributed by atoms with Gasteiger partial charge in [0.1, 0.15) is 0 Å².